The smallest absolute Gasteiger partial charge is 0.128 e. The molecule has 0 fully saturated rings. The average molecular weight is 279 g/mol. The highest BCUT2D eigenvalue weighted by Crippen LogP contribution is 2.28. The molecule has 16 heavy (non-hydrogen) atoms. The van der Waals surface area contributed by atoms with Gasteiger partial charge in [0.2, 0.25) is 0 Å². The molecule has 0 bridgehead atoms. The van der Waals surface area contributed by atoms with Crippen LogP contribution in [-0.4, -0.2) is 16.6 Å². The molecule has 0 N–H and O–H groups in total. The van der Waals surface area contributed by atoms with E-state index in [1.807, 2.05) is 37.3 Å². The van der Waals surface area contributed by atoms with E-state index in [0.29, 0.717) is 6.61 Å². The molecular weight excluding hydrogens is 268 g/mol. The highest BCUT2D eigenvalue weighted by atomic mass is 79.9. The summed E-state index contributed by atoms with van der Waals surface area (Å²) in [5, 5.41) is 0. The third-order valence-electron chi connectivity index (χ3n) is 2.10. The van der Waals surface area contributed by atoms with Crippen LogP contribution in [0.2, 0.25) is 0 Å². The van der Waals surface area contributed by atoms with E-state index in [4.69, 9.17) is 4.74 Å². The van der Waals surface area contributed by atoms with Gasteiger partial charge in [-0.2, -0.15) is 0 Å². The number of hydrogen-bond donors (Lipinski definition) is 0. The van der Waals surface area contributed by atoms with Gasteiger partial charge < -0.3 is 4.74 Å². The lowest BCUT2D eigenvalue weighted by Crippen LogP contribution is -1.95. The summed E-state index contributed by atoms with van der Waals surface area (Å²) in [6, 6.07) is 9.71. The van der Waals surface area contributed by atoms with Gasteiger partial charge in [-0.15, -0.1) is 0 Å². The quantitative estimate of drug-likeness (QED) is 0.808. The number of hydrogen-bond acceptors (Lipinski definition) is 3. The molecule has 1 aromatic carbocycles. The Kier molecular flexibility index (Phi) is 3.51. The normalized spacial score (nSPS) is 10.1. The number of aromatic nitrogens is 2. The summed E-state index contributed by atoms with van der Waals surface area (Å²) in [7, 11) is 0. The van der Waals surface area contributed by atoms with Crippen molar-refractivity contribution in [2.75, 3.05) is 6.61 Å². The van der Waals surface area contributed by atoms with Gasteiger partial charge in [-0.1, -0.05) is 12.1 Å². The molecule has 0 spiro atoms. The van der Waals surface area contributed by atoms with Crippen LogP contribution in [0.3, 0.4) is 0 Å². The van der Waals surface area contributed by atoms with E-state index in [1.165, 1.54) is 6.33 Å². The zero-order valence-electron chi connectivity index (χ0n) is 8.85. The molecule has 2 rings (SSSR count). The van der Waals surface area contributed by atoms with Gasteiger partial charge in [0.1, 0.15) is 16.7 Å². The Labute approximate surface area is 103 Å². The van der Waals surface area contributed by atoms with Crippen molar-refractivity contribution in [3.63, 3.8) is 0 Å². The Bertz CT molecular complexity index is 488. The SMILES string of the molecule is CCOc1ccccc1-c1cc(Br)ncn1. The molecule has 82 valence electrons. The molecule has 0 atom stereocenters. The van der Waals surface area contributed by atoms with Gasteiger partial charge in [0.15, 0.2) is 0 Å². The first-order valence-corrected chi connectivity index (χ1v) is 5.80. The highest BCUT2D eigenvalue weighted by molar-refractivity contribution is 9.10. The lowest BCUT2D eigenvalue weighted by molar-refractivity contribution is 0.341. The van der Waals surface area contributed by atoms with E-state index in [2.05, 4.69) is 25.9 Å². The molecule has 0 aliphatic heterocycles. The predicted molar refractivity (Wildman–Crippen MR) is 66.3 cm³/mol. The van der Waals surface area contributed by atoms with Crippen LogP contribution < -0.4 is 4.74 Å². The Morgan fingerprint density at radius 2 is 2.06 bits per heavy atom. The van der Waals surface area contributed by atoms with Crippen molar-refractivity contribution in [3.05, 3.63) is 41.3 Å². The molecule has 1 heterocycles. The molecule has 0 unspecified atom stereocenters. The van der Waals surface area contributed by atoms with E-state index in [-0.39, 0.29) is 0 Å². The Hall–Kier alpha value is -1.42. The molecule has 4 heteroatoms. The summed E-state index contributed by atoms with van der Waals surface area (Å²) >= 11 is 3.33. The Morgan fingerprint density at radius 1 is 1.25 bits per heavy atom. The van der Waals surface area contributed by atoms with Crippen LogP contribution in [0.5, 0.6) is 5.75 Å². The first-order valence-electron chi connectivity index (χ1n) is 5.01. The van der Waals surface area contributed by atoms with Crippen LogP contribution in [0.4, 0.5) is 0 Å². The molecule has 2 aromatic rings. The molecule has 0 aliphatic carbocycles. The van der Waals surface area contributed by atoms with Crippen LogP contribution in [0, 0.1) is 0 Å². The van der Waals surface area contributed by atoms with Crippen LogP contribution in [0.15, 0.2) is 41.3 Å². The van der Waals surface area contributed by atoms with Gasteiger partial charge in [0, 0.05) is 5.56 Å². The number of ether oxygens (including phenoxy) is 1. The summed E-state index contributed by atoms with van der Waals surface area (Å²) in [6.45, 7) is 2.61. The topological polar surface area (TPSA) is 35.0 Å². The number of rotatable bonds is 3. The van der Waals surface area contributed by atoms with Crippen molar-refractivity contribution in [2.24, 2.45) is 0 Å². The van der Waals surface area contributed by atoms with E-state index >= 15 is 0 Å². The number of para-hydroxylation sites is 1. The fraction of sp³-hybridized carbons (Fsp3) is 0.167. The lowest BCUT2D eigenvalue weighted by atomic mass is 10.1. The summed E-state index contributed by atoms with van der Waals surface area (Å²) in [4.78, 5) is 8.24. The van der Waals surface area contributed by atoms with Crippen molar-refractivity contribution in [1.29, 1.82) is 0 Å². The largest absolute Gasteiger partial charge is 0.493 e. The fourth-order valence-corrected chi connectivity index (χ4v) is 1.75. The molecule has 0 saturated carbocycles. The minimum atomic E-state index is 0.642. The van der Waals surface area contributed by atoms with Gasteiger partial charge in [-0.05, 0) is 41.1 Å². The second-order valence-electron chi connectivity index (χ2n) is 3.16. The minimum absolute atomic E-state index is 0.642. The maximum absolute atomic E-state index is 5.56. The van der Waals surface area contributed by atoms with Crippen molar-refractivity contribution in [2.45, 2.75) is 6.92 Å². The van der Waals surface area contributed by atoms with Gasteiger partial charge in [0.05, 0.1) is 12.3 Å². The van der Waals surface area contributed by atoms with Crippen LogP contribution in [0.1, 0.15) is 6.92 Å². The van der Waals surface area contributed by atoms with Gasteiger partial charge >= 0.3 is 0 Å². The summed E-state index contributed by atoms with van der Waals surface area (Å²) < 4.78 is 6.32. The second-order valence-corrected chi connectivity index (χ2v) is 3.97. The monoisotopic (exact) mass is 278 g/mol. The predicted octanol–water partition coefficient (Wildman–Crippen LogP) is 3.30. The van der Waals surface area contributed by atoms with Crippen molar-refractivity contribution in [1.82, 2.24) is 9.97 Å². The third-order valence-corrected chi connectivity index (χ3v) is 2.53. The Balaban J connectivity index is 2.46. The average Bonchev–Trinajstić information content (AvgIpc) is 2.30. The summed E-state index contributed by atoms with van der Waals surface area (Å²) in [5.74, 6) is 0.843. The summed E-state index contributed by atoms with van der Waals surface area (Å²) in [5.41, 5.74) is 1.83. The highest BCUT2D eigenvalue weighted by Gasteiger charge is 2.06. The van der Waals surface area contributed by atoms with E-state index < -0.39 is 0 Å². The maximum atomic E-state index is 5.56. The van der Waals surface area contributed by atoms with Crippen molar-refractivity contribution < 1.29 is 4.74 Å². The third kappa shape index (κ3) is 2.39. The van der Waals surface area contributed by atoms with Crippen LogP contribution in [-0.2, 0) is 0 Å². The van der Waals surface area contributed by atoms with Crippen LogP contribution in [0.25, 0.3) is 11.3 Å². The van der Waals surface area contributed by atoms with Gasteiger partial charge in [-0.3, -0.25) is 0 Å². The molecule has 0 saturated heterocycles. The molecule has 1 aromatic heterocycles. The first-order chi connectivity index (χ1) is 7.81. The number of halogens is 1. The van der Waals surface area contributed by atoms with Gasteiger partial charge in [-0.25, -0.2) is 9.97 Å². The standard InChI is InChI=1S/C12H11BrN2O/c1-2-16-11-6-4-3-5-9(11)10-7-12(13)15-8-14-10/h3-8H,2H2,1H3. The Morgan fingerprint density at radius 3 is 2.81 bits per heavy atom. The van der Waals surface area contributed by atoms with E-state index in [0.717, 1.165) is 21.6 Å². The fourth-order valence-electron chi connectivity index (χ4n) is 1.44. The minimum Gasteiger partial charge on any atom is -0.493 e. The zero-order valence-corrected chi connectivity index (χ0v) is 10.4. The van der Waals surface area contributed by atoms with Crippen molar-refractivity contribution in [3.8, 4) is 17.0 Å². The van der Waals surface area contributed by atoms with Gasteiger partial charge in [0.25, 0.3) is 0 Å². The molecular formula is C12H11BrN2O. The number of nitrogens with zero attached hydrogens (tertiary/aromatic N) is 2. The summed E-state index contributed by atoms with van der Waals surface area (Å²) in [6.07, 6.45) is 1.53. The van der Waals surface area contributed by atoms with E-state index in [9.17, 15) is 0 Å². The molecule has 3 nitrogen and oxygen atoms in total. The van der Waals surface area contributed by atoms with E-state index in [1.54, 1.807) is 0 Å². The second kappa shape index (κ2) is 5.07. The molecule has 0 radical (unpaired) electrons. The first kappa shape index (κ1) is 11.1. The number of benzene rings is 1. The maximum Gasteiger partial charge on any atom is 0.128 e. The molecule has 0 amide bonds. The van der Waals surface area contributed by atoms with Crippen molar-refractivity contribution >= 4 is 15.9 Å². The zero-order chi connectivity index (χ0) is 11.4. The lowest BCUT2D eigenvalue weighted by Gasteiger charge is -2.08. The van der Waals surface area contributed by atoms with Crippen LogP contribution >= 0.6 is 15.9 Å². The molecule has 0 aliphatic rings.